The maximum Gasteiger partial charge on any atom is 0.161 e. The number of benzene rings is 1. The molecular weight excluding hydrogens is 226 g/mol. The Morgan fingerprint density at radius 1 is 1.25 bits per heavy atom. The summed E-state index contributed by atoms with van der Waals surface area (Å²) in [5, 5.41) is 0. The van der Waals surface area contributed by atoms with Gasteiger partial charge in [0.25, 0.3) is 0 Å². The zero-order chi connectivity index (χ0) is 11.7. The molecule has 1 heterocycles. The normalized spacial score (nSPS) is 20.4. The number of rotatable bonds is 2. The molecule has 1 aliphatic heterocycles. The number of halogens is 1. The predicted molar refractivity (Wildman–Crippen MR) is 64.5 cm³/mol. The molecule has 0 aliphatic carbocycles. The lowest BCUT2D eigenvalue weighted by atomic mass is 9.99. The van der Waals surface area contributed by atoms with Gasteiger partial charge in [-0.1, -0.05) is 0 Å². The molecule has 0 spiro atoms. The molecule has 0 amide bonds. The van der Waals surface area contributed by atoms with Gasteiger partial charge in [-0.2, -0.15) is 0 Å². The van der Waals surface area contributed by atoms with Crippen LogP contribution in [0, 0.1) is 0 Å². The van der Waals surface area contributed by atoms with E-state index in [1.807, 2.05) is 19.2 Å². The van der Waals surface area contributed by atoms with Gasteiger partial charge < -0.3 is 9.47 Å². The van der Waals surface area contributed by atoms with E-state index in [0.717, 1.165) is 30.0 Å². The molecule has 4 heteroatoms. The van der Waals surface area contributed by atoms with Crippen molar-refractivity contribution in [1.82, 2.24) is 4.90 Å². The molecule has 0 fully saturated rings. The molecule has 0 aromatic heterocycles. The summed E-state index contributed by atoms with van der Waals surface area (Å²) in [4.78, 5) is 2.12. The van der Waals surface area contributed by atoms with E-state index in [1.165, 1.54) is 5.56 Å². The third-order valence-corrected chi connectivity index (χ3v) is 3.59. The van der Waals surface area contributed by atoms with Crippen LogP contribution in [0.25, 0.3) is 0 Å². The van der Waals surface area contributed by atoms with Gasteiger partial charge in [-0.25, -0.2) is 0 Å². The van der Waals surface area contributed by atoms with E-state index >= 15 is 0 Å². The maximum absolute atomic E-state index is 6.35. The summed E-state index contributed by atoms with van der Waals surface area (Å²) in [5.41, 5.74) is 2.28. The third kappa shape index (κ3) is 1.85. The molecule has 88 valence electrons. The monoisotopic (exact) mass is 241 g/mol. The molecule has 16 heavy (non-hydrogen) atoms. The first kappa shape index (κ1) is 11.6. The zero-order valence-corrected chi connectivity index (χ0v) is 10.5. The van der Waals surface area contributed by atoms with Gasteiger partial charge in [-0.3, -0.25) is 4.90 Å². The van der Waals surface area contributed by atoms with Crippen LogP contribution in [0.2, 0.25) is 0 Å². The van der Waals surface area contributed by atoms with Crippen molar-refractivity contribution in [2.24, 2.45) is 0 Å². The lowest BCUT2D eigenvalue weighted by Gasteiger charge is -2.30. The third-order valence-electron chi connectivity index (χ3n) is 3.02. The van der Waals surface area contributed by atoms with Crippen molar-refractivity contribution in [3.05, 3.63) is 23.3 Å². The second-order valence-corrected chi connectivity index (χ2v) is 4.39. The van der Waals surface area contributed by atoms with Gasteiger partial charge in [0.2, 0.25) is 0 Å². The van der Waals surface area contributed by atoms with Gasteiger partial charge >= 0.3 is 0 Å². The number of nitrogens with zero attached hydrogens (tertiary/aromatic N) is 1. The Bertz CT molecular complexity index is 395. The smallest absolute Gasteiger partial charge is 0.161 e. The molecule has 1 unspecified atom stereocenters. The lowest BCUT2D eigenvalue weighted by molar-refractivity contribution is 0.294. The SMILES string of the molecule is COc1cc2c(cc1OC)C(Cl)N(C)CC2. The fourth-order valence-corrected chi connectivity index (χ4v) is 2.32. The van der Waals surface area contributed by atoms with E-state index in [9.17, 15) is 0 Å². The fourth-order valence-electron chi connectivity index (χ4n) is 2.02. The average Bonchev–Trinajstić information content (AvgIpc) is 2.32. The minimum absolute atomic E-state index is 0.0800. The lowest BCUT2D eigenvalue weighted by Crippen LogP contribution is -2.29. The molecule has 0 bridgehead atoms. The van der Waals surface area contributed by atoms with Crippen LogP contribution in [-0.4, -0.2) is 32.7 Å². The standard InChI is InChI=1S/C12H16ClNO2/c1-14-5-4-8-6-10(15-2)11(16-3)7-9(8)12(14)13/h6-7,12H,4-5H2,1-3H3. The second kappa shape index (κ2) is 4.52. The van der Waals surface area contributed by atoms with Crippen LogP contribution in [-0.2, 0) is 6.42 Å². The molecule has 2 rings (SSSR count). The highest BCUT2D eigenvalue weighted by molar-refractivity contribution is 6.20. The number of likely N-dealkylation sites (N-methyl/N-ethyl adjacent to an activating group) is 1. The Hall–Kier alpha value is -0.930. The van der Waals surface area contributed by atoms with E-state index in [0.29, 0.717) is 0 Å². The van der Waals surface area contributed by atoms with E-state index in [-0.39, 0.29) is 5.50 Å². The maximum atomic E-state index is 6.35. The van der Waals surface area contributed by atoms with Crippen molar-refractivity contribution in [2.45, 2.75) is 11.9 Å². The van der Waals surface area contributed by atoms with Crippen LogP contribution in [0.3, 0.4) is 0 Å². The van der Waals surface area contributed by atoms with E-state index in [1.54, 1.807) is 14.2 Å². The summed E-state index contributed by atoms with van der Waals surface area (Å²) in [6.07, 6.45) is 0.995. The Labute approximate surface area is 101 Å². The van der Waals surface area contributed by atoms with Crippen molar-refractivity contribution < 1.29 is 9.47 Å². The minimum Gasteiger partial charge on any atom is -0.493 e. The molecule has 1 atom stereocenters. The molecule has 1 aromatic carbocycles. The Morgan fingerprint density at radius 2 is 1.88 bits per heavy atom. The average molecular weight is 242 g/mol. The number of hydrogen-bond acceptors (Lipinski definition) is 3. The molecule has 0 saturated carbocycles. The summed E-state index contributed by atoms with van der Waals surface area (Å²) in [6, 6.07) is 4.00. The van der Waals surface area contributed by atoms with E-state index in [2.05, 4.69) is 4.90 Å². The number of alkyl halides is 1. The highest BCUT2D eigenvalue weighted by Gasteiger charge is 2.24. The summed E-state index contributed by atoms with van der Waals surface area (Å²) < 4.78 is 10.6. The summed E-state index contributed by atoms with van der Waals surface area (Å²) in [6.45, 7) is 0.969. The van der Waals surface area contributed by atoms with Crippen LogP contribution < -0.4 is 9.47 Å². The van der Waals surface area contributed by atoms with Crippen molar-refractivity contribution in [3.63, 3.8) is 0 Å². The van der Waals surface area contributed by atoms with Crippen LogP contribution in [0.5, 0.6) is 11.5 Å². The Balaban J connectivity index is 2.48. The van der Waals surface area contributed by atoms with Gasteiger partial charge in [0, 0.05) is 6.54 Å². The number of ether oxygens (including phenoxy) is 2. The highest BCUT2D eigenvalue weighted by Crippen LogP contribution is 2.38. The highest BCUT2D eigenvalue weighted by atomic mass is 35.5. The second-order valence-electron chi connectivity index (χ2n) is 3.97. The van der Waals surface area contributed by atoms with E-state index in [4.69, 9.17) is 21.1 Å². The summed E-state index contributed by atoms with van der Waals surface area (Å²) in [7, 11) is 5.31. The molecule has 0 radical (unpaired) electrons. The van der Waals surface area contributed by atoms with Crippen molar-refractivity contribution in [2.75, 3.05) is 27.8 Å². The first-order valence-corrected chi connectivity index (χ1v) is 5.70. The van der Waals surface area contributed by atoms with Gasteiger partial charge in [-0.15, -0.1) is 11.6 Å². The van der Waals surface area contributed by atoms with Crippen LogP contribution >= 0.6 is 11.6 Å². The molecule has 0 N–H and O–H groups in total. The largest absolute Gasteiger partial charge is 0.493 e. The van der Waals surface area contributed by atoms with Gasteiger partial charge in [0.1, 0.15) is 5.50 Å². The van der Waals surface area contributed by atoms with Gasteiger partial charge in [-0.05, 0) is 36.7 Å². The number of hydrogen-bond donors (Lipinski definition) is 0. The van der Waals surface area contributed by atoms with Crippen molar-refractivity contribution in [3.8, 4) is 11.5 Å². The van der Waals surface area contributed by atoms with Crippen molar-refractivity contribution in [1.29, 1.82) is 0 Å². The molecule has 3 nitrogen and oxygen atoms in total. The first-order valence-electron chi connectivity index (χ1n) is 5.26. The summed E-state index contributed by atoms with van der Waals surface area (Å²) in [5.74, 6) is 1.51. The molecule has 1 aromatic rings. The number of methoxy groups -OCH3 is 2. The quantitative estimate of drug-likeness (QED) is 0.586. The Kier molecular flexibility index (Phi) is 3.26. The van der Waals surface area contributed by atoms with Gasteiger partial charge in [0.05, 0.1) is 14.2 Å². The van der Waals surface area contributed by atoms with Gasteiger partial charge in [0.15, 0.2) is 11.5 Å². The first-order chi connectivity index (χ1) is 7.67. The minimum atomic E-state index is -0.0800. The molecule has 1 aliphatic rings. The number of fused-ring (bicyclic) bond motifs is 1. The molecular formula is C12H16ClNO2. The summed E-state index contributed by atoms with van der Waals surface area (Å²) >= 11 is 6.35. The van der Waals surface area contributed by atoms with E-state index < -0.39 is 0 Å². The topological polar surface area (TPSA) is 21.7 Å². The zero-order valence-electron chi connectivity index (χ0n) is 9.79. The predicted octanol–water partition coefficient (Wildman–Crippen LogP) is 2.43. The van der Waals surface area contributed by atoms with Crippen molar-refractivity contribution >= 4 is 11.6 Å². The van der Waals surface area contributed by atoms with Crippen LogP contribution in [0.15, 0.2) is 12.1 Å². The fraction of sp³-hybridized carbons (Fsp3) is 0.500. The molecule has 0 saturated heterocycles. The van der Waals surface area contributed by atoms with Crippen LogP contribution in [0.4, 0.5) is 0 Å². The Morgan fingerprint density at radius 3 is 2.50 bits per heavy atom. The van der Waals surface area contributed by atoms with Crippen LogP contribution in [0.1, 0.15) is 16.6 Å².